The maximum atomic E-state index is 10.9. The van der Waals surface area contributed by atoms with Crippen LogP contribution in [0.2, 0.25) is 0 Å². The minimum Gasteiger partial charge on any atom is -0.387 e. The van der Waals surface area contributed by atoms with Gasteiger partial charge in [-0.3, -0.25) is 13.6 Å². The Morgan fingerprint density at radius 1 is 0.917 bits per heavy atom. The van der Waals surface area contributed by atoms with Crippen LogP contribution in [-0.2, 0) is 27.7 Å². The molecule has 2 fully saturated rings. The number of aromatic nitrogens is 4. The number of aliphatic hydroxyl groups is 4. The lowest BCUT2D eigenvalue weighted by atomic mass is 10.1. The van der Waals surface area contributed by atoms with Gasteiger partial charge >= 0.3 is 15.6 Å². The molecular formula is C15H24N5O14P2+. The number of rotatable bonds is 8. The Morgan fingerprint density at radius 2 is 1.47 bits per heavy atom. The van der Waals surface area contributed by atoms with E-state index in [0.717, 1.165) is 10.9 Å². The molecule has 2 saturated heterocycles. The van der Waals surface area contributed by atoms with Crippen molar-refractivity contribution in [2.24, 2.45) is 0 Å². The van der Waals surface area contributed by atoms with Crippen molar-refractivity contribution in [1.82, 2.24) is 14.5 Å². The molecule has 10 N–H and O–H groups in total. The summed E-state index contributed by atoms with van der Waals surface area (Å²) in [7, 11) is -9.71. The normalized spacial score (nSPS) is 33.6. The lowest BCUT2D eigenvalue weighted by Crippen LogP contribution is -2.48. The van der Waals surface area contributed by atoms with Crippen molar-refractivity contribution >= 4 is 32.6 Å². The molecule has 4 heterocycles. The average Bonchev–Trinajstić information content (AvgIpc) is 3.41. The number of imidazole rings is 1. The molecule has 2 aliphatic rings. The van der Waals surface area contributed by atoms with Gasteiger partial charge in [0.05, 0.1) is 13.2 Å². The number of aliphatic hydroxyl groups excluding tert-OH is 4. The van der Waals surface area contributed by atoms with Crippen molar-refractivity contribution in [3.05, 3.63) is 12.7 Å². The van der Waals surface area contributed by atoms with Crippen molar-refractivity contribution in [1.29, 1.82) is 0 Å². The van der Waals surface area contributed by atoms with Gasteiger partial charge in [0.1, 0.15) is 43.0 Å². The first kappa shape index (κ1) is 27.4. The van der Waals surface area contributed by atoms with Crippen LogP contribution in [0.4, 0.5) is 5.82 Å². The monoisotopic (exact) mass is 560 g/mol. The maximum absolute atomic E-state index is 10.9. The van der Waals surface area contributed by atoms with Crippen LogP contribution in [-0.4, -0.2) is 104 Å². The van der Waals surface area contributed by atoms with Crippen LogP contribution in [0.25, 0.3) is 11.2 Å². The Morgan fingerprint density at radius 3 is 2.06 bits per heavy atom. The predicted molar refractivity (Wildman–Crippen MR) is 110 cm³/mol. The number of ether oxygens (including phenoxy) is 2. The third-order valence-corrected chi connectivity index (χ3v) is 6.60. The summed E-state index contributed by atoms with van der Waals surface area (Å²) in [5, 5.41) is 41.2. The second kappa shape index (κ2) is 9.90. The summed E-state index contributed by atoms with van der Waals surface area (Å²) < 4.78 is 43.8. The molecule has 202 valence electrons. The zero-order chi connectivity index (χ0) is 26.6. The first-order valence-electron chi connectivity index (χ1n) is 10.1. The van der Waals surface area contributed by atoms with Crippen molar-refractivity contribution in [2.75, 3.05) is 18.9 Å². The molecule has 21 heteroatoms. The highest BCUT2D eigenvalue weighted by Gasteiger charge is 2.48. The molecule has 8 unspecified atom stereocenters. The molecule has 2 aromatic rings. The zero-order valence-corrected chi connectivity index (χ0v) is 19.8. The quantitative estimate of drug-likeness (QED) is 0.109. The number of nitrogens with two attached hydrogens (primary N) is 1. The fraction of sp³-hybridized carbons (Fsp3) is 0.667. The van der Waals surface area contributed by atoms with E-state index in [9.17, 15) is 29.6 Å². The van der Waals surface area contributed by atoms with Gasteiger partial charge in [-0.15, -0.1) is 0 Å². The number of nitrogens with zero attached hydrogens (tertiary/aromatic N) is 4. The summed E-state index contributed by atoms with van der Waals surface area (Å²) in [6.45, 7) is -1.44. The van der Waals surface area contributed by atoms with Crippen molar-refractivity contribution in [3.8, 4) is 0 Å². The van der Waals surface area contributed by atoms with Gasteiger partial charge in [0.15, 0.2) is 11.7 Å². The third-order valence-electron chi connectivity index (χ3n) is 5.63. The summed E-state index contributed by atoms with van der Waals surface area (Å²) in [6, 6.07) is 0. The van der Waals surface area contributed by atoms with E-state index in [4.69, 9.17) is 34.8 Å². The summed E-state index contributed by atoms with van der Waals surface area (Å²) in [5.41, 5.74) is 6.22. The molecule has 0 spiro atoms. The molecule has 0 amide bonds. The van der Waals surface area contributed by atoms with Crippen LogP contribution in [0.1, 0.15) is 12.5 Å². The molecule has 19 nitrogen and oxygen atoms in total. The van der Waals surface area contributed by atoms with E-state index in [1.165, 1.54) is 10.9 Å². The fourth-order valence-corrected chi connectivity index (χ4v) is 4.57. The molecule has 0 saturated carbocycles. The molecular weight excluding hydrogens is 536 g/mol. The molecule has 0 aromatic carbocycles. The standard InChI is InChI=1S/C15H23N5O14P2/c16-12-7-13(18-4-19(12)14-10(23)8(21)5(33-14)1-31-35(25,26)27)20(3-17-7)15-11(24)9(22)6(34-15)2-32-36(28,29)30/h3-6,8-11,14-16,21-24H,1-2H2,(H4,25,26,27,28,29,30)/p+1. The van der Waals surface area contributed by atoms with Crippen LogP contribution in [0.15, 0.2) is 12.7 Å². The van der Waals surface area contributed by atoms with Crippen molar-refractivity contribution < 1.29 is 72.2 Å². The van der Waals surface area contributed by atoms with Gasteiger partial charge in [-0.25, -0.2) is 18.7 Å². The molecule has 8 atom stereocenters. The lowest BCUT2D eigenvalue weighted by molar-refractivity contribution is -0.755. The second-order valence-corrected chi connectivity index (χ2v) is 10.5. The van der Waals surface area contributed by atoms with E-state index < -0.39 is 77.9 Å². The minimum absolute atomic E-state index is 0.0258. The molecule has 0 aliphatic carbocycles. The molecule has 4 rings (SSSR count). The van der Waals surface area contributed by atoms with Gasteiger partial charge in [-0.2, -0.15) is 0 Å². The number of anilines is 1. The number of hydrogen-bond donors (Lipinski definition) is 9. The predicted octanol–water partition coefficient (Wildman–Crippen LogP) is -4.24. The van der Waals surface area contributed by atoms with E-state index in [1.807, 2.05) is 0 Å². The van der Waals surface area contributed by atoms with E-state index in [0.29, 0.717) is 0 Å². The molecule has 2 aliphatic heterocycles. The Hall–Kier alpha value is -1.67. The summed E-state index contributed by atoms with van der Waals surface area (Å²) in [5.74, 6) is -0.124. The van der Waals surface area contributed by atoms with E-state index >= 15 is 0 Å². The number of phosphoric ester groups is 2. The summed E-state index contributed by atoms with van der Waals surface area (Å²) >= 11 is 0. The van der Waals surface area contributed by atoms with Gasteiger partial charge in [-0.05, 0) is 0 Å². The number of hydrogen-bond acceptors (Lipinski definition) is 13. The maximum Gasteiger partial charge on any atom is 0.469 e. The fourth-order valence-electron chi connectivity index (χ4n) is 3.89. The third kappa shape index (κ3) is 5.45. The largest absolute Gasteiger partial charge is 0.469 e. The van der Waals surface area contributed by atoms with E-state index in [-0.39, 0.29) is 17.0 Å². The van der Waals surface area contributed by atoms with Crippen LogP contribution < -0.4 is 10.3 Å². The SMILES string of the molecule is Nc1c2ncn(C3OC(COP(=O)(O)O)C(O)C3O)c2nc[n+]1C1OC(COP(=O)(O)O)C(O)C1O. The van der Waals surface area contributed by atoms with E-state index in [1.54, 1.807) is 0 Å². The minimum atomic E-state index is -4.86. The van der Waals surface area contributed by atoms with Gasteiger partial charge < -0.3 is 55.2 Å². The van der Waals surface area contributed by atoms with Crippen molar-refractivity contribution in [2.45, 2.75) is 49.1 Å². The second-order valence-electron chi connectivity index (χ2n) is 8.03. The highest BCUT2D eigenvalue weighted by atomic mass is 31.2. The van der Waals surface area contributed by atoms with Gasteiger partial charge in [0.2, 0.25) is 18.2 Å². The summed E-state index contributed by atoms with van der Waals surface area (Å²) in [4.78, 5) is 43.6. The Labute approximate surface area is 200 Å². The molecule has 2 aromatic heterocycles. The number of nitrogen functional groups attached to an aromatic ring is 1. The molecule has 0 radical (unpaired) electrons. The van der Waals surface area contributed by atoms with Gasteiger partial charge in [0, 0.05) is 0 Å². The first-order valence-corrected chi connectivity index (χ1v) is 13.2. The highest BCUT2D eigenvalue weighted by molar-refractivity contribution is 7.46. The highest BCUT2D eigenvalue weighted by Crippen LogP contribution is 2.40. The Bertz CT molecular complexity index is 1200. The Balaban J connectivity index is 1.56. The van der Waals surface area contributed by atoms with Crippen LogP contribution >= 0.6 is 15.6 Å². The topological polar surface area (TPSA) is 294 Å². The van der Waals surface area contributed by atoms with Crippen molar-refractivity contribution in [3.63, 3.8) is 0 Å². The summed E-state index contributed by atoms with van der Waals surface area (Å²) in [6.07, 6.45) is -9.26. The van der Waals surface area contributed by atoms with Crippen LogP contribution in [0.5, 0.6) is 0 Å². The van der Waals surface area contributed by atoms with Gasteiger partial charge in [-0.1, -0.05) is 4.98 Å². The lowest BCUT2D eigenvalue weighted by Gasteiger charge is -2.17. The average molecular weight is 560 g/mol. The van der Waals surface area contributed by atoms with E-state index in [2.05, 4.69) is 19.0 Å². The van der Waals surface area contributed by atoms with Crippen LogP contribution in [0.3, 0.4) is 0 Å². The van der Waals surface area contributed by atoms with Crippen LogP contribution in [0, 0.1) is 0 Å². The number of fused-ring (bicyclic) bond motifs is 1. The number of phosphoric acid groups is 2. The smallest absolute Gasteiger partial charge is 0.387 e. The van der Waals surface area contributed by atoms with Gasteiger partial charge in [0.25, 0.3) is 5.82 Å². The first-order chi connectivity index (χ1) is 16.7. The molecule has 0 bridgehead atoms. The zero-order valence-electron chi connectivity index (χ0n) is 18.0. The Kier molecular flexibility index (Phi) is 7.52. The molecule has 36 heavy (non-hydrogen) atoms.